The Bertz CT molecular complexity index is 888. The third-order valence-corrected chi connectivity index (χ3v) is 4.95. The van der Waals surface area contributed by atoms with Crippen molar-refractivity contribution in [1.29, 1.82) is 0 Å². The van der Waals surface area contributed by atoms with Crippen LogP contribution in [0.3, 0.4) is 0 Å². The molecule has 0 fully saturated rings. The minimum atomic E-state index is -4.35. The first-order valence-electron chi connectivity index (χ1n) is 7.71. The fraction of sp³-hybridized carbons (Fsp3) is 0.222. The lowest BCUT2D eigenvalue weighted by atomic mass is 10.1. The summed E-state index contributed by atoms with van der Waals surface area (Å²) in [7, 11) is -4.35. The molecule has 2 aromatic carbocycles. The molecule has 2 aromatic rings. The summed E-state index contributed by atoms with van der Waals surface area (Å²) in [6.45, 7) is 3.30. The van der Waals surface area contributed by atoms with E-state index in [0.29, 0.717) is 5.02 Å². The summed E-state index contributed by atoms with van der Waals surface area (Å²) in [5, 5.41) is 0.391. The van der Waals surface area contributed by atoms with E-state index < -0.39 is 28.0 Å². The first-order valence-corrected chi connectivity index (χ1v) is 9.49. The summed E-state index contributed by atoms with van der Waals surface area (Å²) in [5.74, 6) is -1.92. The van der Waals surface area contributed by atoms with Gasteiger partial charge in [-0.3, -0.25) is 4.79 Å². The van der Waals surface area contributed by atoms with Crippen molar-refractivity contribution in [3.8, 4) is 0 Å². The van der Waals surface area contributed by atoms with Crippen molar-refractivity contribution in [3.63, 3.8) is 0 Å². The Morgan fingerprint density at radius 2 is 1.62 bits per heavy atom. The number of carbonyl (C=O) groups excluding carboxylic acids is 2. The Morgan fingerprint density at radius 3 is 2.15 bits per heavy atom. The molecule has 1 atom stereocenters. The van der Waals surface area contributed by atoms with Crippen molar-refractivity contribution >= 4 is 33.5 Å². The number of Topliss-reactive ketones (excluding diaryl/α,β-unsaturated/α-hetero) is 1. The van der Waals surface area contributed by atoms with Crippen LogP contribution in [-0.2, 0) is 23.8 Å². The molecule has 8 heteroatoms. The van der Waals surface area contributed by atoms with Crippen molar-refractivity contribution < 1.29 is 26.9 Å². The van der Waals surface area contributed by atoms with Crippen molar-refractivity contribution in [2.24, 2.45) is 0 Å². The van der Waals surface area contributed by atoms with Crippen LogP contribution in [0, 0.1) is 6.92 Å². The third kappa shape index (κ3) is 4.91. The SMILES string of the molecule is CCOC(=O)C(OS(=O)(=O)c1ccc(C)cc1)C(=O)c1ccc(Cl)cc1. The van der Waals surface area contributed by atoms with E-state index in [9.17, 15) is 18.0 Å². The van der Waals surface area contributed by atoms with Crippen LogP contribution in [0.15, 0.2) is 53.4 Å². The maximum absolute atomic E-state index is 12.6. The van der Waals surface area contributed by atoms with Crippen LogP contribution in [0.25, 0.3) is 0 Å². The molecule has 0 aromatic heterocycles. The molecule has 0 aliphatic carbocycles. The number of carbonyl (C=O) groups is 2. The molecule has 0 spiro atoms. The van der Waals surface area contributed by atoms with Gasteiger partial charge in [-0.25, -0.2) is 8.98 Å². The van der Waals surface area contributed by atoms with E-state index in [2.05, 4.69) is 0 Å². The number of benzene rings is 2. The minimum absolute atomic E-state index is 0.0306. The van der Waals surface area contributed by atoms with Gasteiger partial charge >= 0.3 is 5.97 Å². The van der Waals surface area contributed by atoms with Crippen molar-refractivity contribution in [2.45, 2.75) is 24.8 Å². The summed E-state index contributed by atoms with van der Waals surface area (Å²) in [4.78, 5) is 24.6. The van der Waals surface area contributed by atoms with Crippen LogP contribution in [0.5, 0.6) is 0 Å². The number of hydrogen-bond donors (Lipinski definition) is 0. The van der Waals surface area contributed by atoms with Gasteiger partial charge in [0.2, 0.25) is 11.9 Å². The summed E-state index contributed by atoms with van der Waals surface area (Å²) < 4.78 is 34.6. The lowest BCUT2D eigenvalue weighted by Gasteiger charge is -2.15. The molecule has 26 heavy (non-hydrogen) atoms. The second kappa shape index (κ2) is 8.44. The Balaban J connectivity index is 2.35. The Kier molecular flexibility index (Phi) is 6.52. The van der Waals surface area contributed by atoms with Crippen molar-refractivity contribution in [2.75, 3.05) is 6.61 Å². The van der Waals surface area contributed by atoms with Gasteiger partial charge in [-0.2, -0.15) is 8.42 Å². The zero-order valence-electron chi connectivity index (χ0n) is 14.1. The van der Waals surface area contributed by atoms with Crippen LogP contribution in [0.1, 0.15) is 22.8 Å². The average Bonchev–Trinajstić information content (AvgIpc) is 2.60. The van der Waals surface area contributed by atoms with E-state index in [1.54, 1.807) is 19.1 Å². The maximum atomic E-state index is 12.6. The van der Waals surface area contributed by atoms with Gasteiger partial charge in [-0.15, -0.1) is 0 Å². The molecule has 138 valence electrons. The number of esters is 1. The fourth-order valence-electron chi connectivity index (χ4n) is 2.06. The highest BCUT2D eigenvalue weighted by Gasteiger charge is 2.35. The quantitative estimate of drug-likeness (QED) is 0.309. The highest BCUT2D eigenvalue weighted by molar-refractivity contribution is 7.86. The summed E-state index contributed by atoms with van der Waals surface area (Å²) >= 11 is 5.78. The molecular formula is C18H17ClO6S. The molecule has 0 saturated heterocycles. The van der Waals surface area contributed by atoms with Gasteiger partial charge in [0.25, 0.3) is 10.1 Å². The summed E-state index contributed by atoms with van der Waals surface area (Å²) in [5.41, 5.74) is 0.926. The molecule has 0 N–H and O–H groups in total. The van der Waals surface area contributed by atoms with E-state index in [0.717, 1.165) is 5.56 Å². The third-order valence-electron chi connectivity index (χ3n) is 3.40. The van der Waals surface area contributed by atoms with Gasteiger partial charge in [-0.1, -0.05) is 29.3 Å². The molecule has 0 saturated carbocycles. The number of ketones is 1. The van der Waals surface area contributed by atoms with Gasteiger partial charge in [0.1, 0.15) is 0 Å². The normalized spacial score (nSPS) is 12.4. The number of ether oxygens (including phenoxy) is 1. The monoisotopic (exact) mass is 396 g/mol. The molecule has 0 aliphatic heterocycles. The smallest absolute Gasteiger partial charge is 0.345 e. The molecule has 0 heterocycles. The Labute approximate surface area is 156 Å². The second-order valence-corrected chi connectivity index (χ2v) is 7.38. The topological polar surface area (TPSA) is 86.7 Å². The number of aryl methyl sites for hydroxylation is 1. The maximum Gasteiger partial charge on any atom is 0.345 e. The predicted molar refractivity (Wildman–Crippen MR) is 95.7 cm³/mol. The van der Waals surface area contributed by atoms with Crippen LogP contribution < -0.4 is 0 Å². The molecule has 0 amide bonds. The highest BCUT2D eigenvalue weighted by Crippen LogP contribution is 2.19. The first-order chi connectivity index (χ1) is 12.2. The molecule has 2 rings (SSSR count). The molecule has 0 bridgehead atoms. The summed E-state index contributed by atoms with van der Waals surface area (Å²) in [6, 6.07) is 11.5. The van der Waals surface area contributed by atoms with E-state index >= 15 is 0 Å². The largest absolute Gasteiger partial charge is 0.464 e. The van der Waals surface area contributed by atoms with Crippen LogP contribution in [0.4, 0.5) is 0 Å². The Morgan fingerprint density at radius 1 is 1.04 bits per heavy atom. The first kappa shape index (κ1) is 20.1. The molecule has 0 aliphatic rings. The zero-order valence-corrected chi connectivity index (χ0v) is 15.7. The minimum Gasteiger partial charge on any atom is -0.464 e. The molecule has 6 nitrogen and oxygen atoms in total. The van der Waals surface area contributed by atoms with Gasteiger partial charge in [-0.05, 0) is 50.2 Å². The fourth-order valence-corrected chi connectivity index (χ4v) is 3.19. The van der Waals surface area contributed by atoms with Crippen LogP contribution in [-0.4, -0.2) is 32.9 Å². The van der Waals surface area contributed by atoms with Crippen LogP contribution in [0.2, 0.25) is 5.02 Å². The molecule has 0 radical (unpaired) electrons. The molecule has 1 unspecified atom stereocenters. The summed E-state index contributed by atoms with van der Waals surface area (Å²) in [6.07, 6.45) is -1.94. The van der Waals surface area contributed by atoms with E-state index in [1.807, 2.05) is 0 Å². The molecular weight excluding hydrogens is 380 g/mol. The van der Waals surface area contributed by atoms with Crippen molar-refractivity contribution in [1.82, 2.24) is 0 Å². The second-order valence-electron chi connectivity index (χ2n) is 5.37. The van der Waals surface area contributed by atoms with E-state index in [4.69, 9.17) is 20.5 Å². The van der Waals surface area contributed by atoms with E-state index in [-0.39, 0.29) is 17.1 Å². The lowest BCUT2D eigenvalue weighted by Crippen LogP contribution is -2.36. The van der Waals surface area contributed by atoms with Crippen LogP contribution >= 0.6 is 11.6 Å². The van der Waals surface area contributed by atoms with Gasteiger partial charge in [0, 0.05) is 10.6 Å². The lowest BCUT2D eigenvalue weighted by molar-refractivity contribution is -0.148. The number of hydrogen-bond acceptors (Lipinski definition) is 6. The van der Waals surface area contributed by atoms with Gasteiger partial charge in [0.15, 0.2) is 0 Å². The number of halogens is 1. The highest BCUT2D eigenvalue weighted by atomic mass is 35.5. The number of rotatable bonds is 7. The van der Waals surface area contributed by atoms with Crippen molar-refractivity contribution in [3.05, 3.63) is 64.7 Å². The average molecular weight is 397 g/mol. The van der Waals surface area contributed by atoms with E-state index in [1.165, 1.54) is 43.3 Å². The van der Waals surface area contributed by atoms with Gasteiger partial charge in [0.05, 0.1) is 11.5 Å². The zero-order chi connectivity index (χ0) is 19.3. The van der Waals surface area contributed by atoms with Gasteiger partial charge < -0.3 is 4.74 Å². The predicted octanol–water partition coefficient (Wildman–Crippen LogP) is 3.17. The standard InChI is InChI=1S/C18H17ClO6S/c1-3-24-18(21)17(16(20)13-6-8-14(19)9-7-13)25-26(22,23)15-10-4-12(2)5-11-15/h4-11,17H,3H2,1-2H3. The Hall–Kier alpha value is -2.22.